The lowest BCUT2D eigenvalue weighted by Crippen LogP contribution is -2.44. The van der Waals surface area contributed by atoms with Crippen LogP contribution in [-0.2, 0) is 10.0 Å². The summed E-state index contributed by atoms with van der Waals surface area (Å²) in [6.07, 6.45) is 3.01. The van der Waals surface area contributed by atoms with Crippen LogP contribution in [0.5, 0.6) is 5.88 Å². The molecule has 0 spiro atoms. The molecule has 6 nitrogen and oxygen atoms in total. The number of sulfonamides is 1. The summed E-state index contributed by atoms with van der Waals surface area (Å²) >= 11 is 0. The lowest BCUT2D eigenvalue weighted by Gasteiger charge is -2.32. The summed E-state index contributed by atoms with van der Waals surface area (Å²) in [5.74, 6) is 1.12. The van der Waals surface area contributed by atoms with Crippen molar-refractivity contribution < 1.29 is 13.2 Å². The molecule has 0 bridgehead atoms. The van der Waals surface area contributed by atoms with Crippen molar-refractivity contribution in [3.05, 3.63) is 46.9 Å². The summed E-state index contributed by atoms with van der Waals surface area (Å²) in [7, 11) is -3.55. The number of piperidine rings is 1. The number of hydrogen-bond donors (Lipinski definition) is 0. The predicted molar refractivity (Wildman–Crippen MR) is 99.8 cm³/mol. The summed E-state index contributed by atoms with van der Waals surface area (Å²) in [4.78, 5) is 8.72. The smallest absolute Gasteiger partial charge is 0.243 e. The molecule has 2 heterocycles. The molecule has 140 valence electrons. The lowest BCUT2D eigenvalue weighted by atomic mass is 10.1. The molecule has 1 atom stereocenters. The molecule has 1 aliphatic rings. The largest absolute Gasteiger partial charge is 0.473 e. The molecule has 1 fully saturated rings. The van der Waals surface area contributed by atoms with Crippen LogP contribution >= 0.6 is 0 Å². The van der Waals surface area contributed by atoms with Gasteiger partial charge >= 0.3 is 0 Å². The Morgan fingerprint density at radius 3 is 2.50 bits per heavy atom. The molecule has 2 aromatic rings. The van der Waals surface area contributed by atoms with Gasteiger partial charge in [0.25, 0.3) is 0 Å². The third-order valence-corrected chi connectivity index (χ3v) is 6.75. The van der Waals surface area contributed by atoms with E-state index in [0.717, 1.165) is 29.5 Å². The van der Waals surface area contributed by atoms with Crippen LogP contribution in [0.25, 0.3) is 0 Å². The first-order valence-corrected chi connectivity index (χ1v) is 10.3. The highest BCUT2D eigenvalue weighted by molar-refractivity contribution is 7.89. The van der Waals surface area contributed by atoms with E-state index in [9.17, 15) is 8.42 Å². The Kier molecular flexibility index (Phi) is 5.29. The Hall–Kier alpha value is -1.99. The number of ether oxygens (including phenoxy) is 1. The van der Waals surface area contributed by atoms with Gasteiger partial charge in [0.15, 0.2) is 0 Å². The van der Waals surface area contributed by atoms with E-state index in [1.807, 2.05) is 32.9 Å². The van der Waals surface area contributed by atoms with E-state index in [1.165, 1.54) is 0 Å². The van der Waals surface area contributed by atoms with Gasteiger partial charge in [0.2, 0.25) is 15.9 Å². The molecular weight excluding hydrogens is 350 g/mol. The summed E-state index contributed by atoms with van der Waals surface area (Å²) in [5.41, 5.74) is 2.65. The number of hydrogen-bond acceptors (Lipinski definition) is 5. The maximum Gasteiger partial charge on any atom is 0.243 e. The van der Waals surface area contributed by atoms with Gasteiger partial charge < -0.3 is 4.74 Å². The summed E-state index contributed by atoms with van der Waals surface area (Å²) in [6.45, 7) is 8.33. The fourth-order valence-electron chi connectivity index (χ4n) is 3.59. The summed E-state index contributed by atoms with van der Waals surface area (Å²) in [6, 6.07) is 5.54. The topological polar surface area (TPSA) is 72.4 Å². The van der Waals surface area contributed by atoms with Crippen molar-refractivity contribution in [2.24, 2.45) is 0 Å². The molecule has 3 rings (SSSR count). The minimum Gasteiger partial charge on any atom is -0.473 e. The van der Waals surface area contributed by atoms with Gasteiger partial charge in [-0.3, -0.25) is 0 Å². The highest BCUT2D eigenvalue weighted by Gasteiger charge is 2.33. The van der Waals surface area contributed by atoms with E-state index < -0.39 is 10.0 Å². The number of aromatic nitrogens is 2. The molecule has 26 heavy (non-hydrogen) atoms. The van der Waals surface area contributed by atoms with E-state index in [1.54, 1.807) is 23.5 Å². The van der Waals surface area contributed by atoms with Crippen LogP contribution in [0.15, 0.2) is 29.3 Å². The van der Waals surface area contributed by atoms with Gasteiger partial charge in [0.1, 0.15) is 11.9 Å². The van der Waals surface area contributed by atoms with E-state index in [4.69, 9.17) is 4.74 Å². The maximum absolute atomic E-state index is 13.2. The van der Waals surface area contributed by atoms with Gasteiger partial charge in [0, 0.05) is 18.8 Å². The molecule has 1 aromatic carbocycles. The van der Waals surface area contributed by atoms with Crippen molar-refractivity contribution >= 4 is 10.0 Å². The summed E-state index contributed by atoms with van der Waals surface area (Å²) < 4.78 is 33.9. The fraction of sp³-hybridized carbons (Fsp3) is 0.474. The molecule has 0 amide bonds. The molecule has 7 heteroatoms. The SMILES string of the molecule is Cc1cc(C)c(S(=O)(=O)N2CCCC(Oc3ccnc(C)n3)C2)c(C)c1. The third-order valence-electron chi connectivity index (χ3n) is 4.58. The zero-order valence-corrected chi connectivity index (χ0v) is 16.5. The number of aryl methyl sites for hydroxylation is 4. The molecule has 1 saturated heterocycles. The maximum atomic E-state index is 13.2. The molecule has 1 unspecified atom stereocenters. The first kappa shape index (κ1) is 18.8. The van der Waals surface area contributed by atoms with Crippen LogP contribution in [0.1, 0.15) is 35.4 Å². The van der Waals surface area contributed by atoms with Crippen molar-refractivity contribution in [1.29, 1.82) is 0 Å². The second-order valence-electron chi connectivity index (χ2n) is 6.92. The molecule has 1 aromatic heterocycles. The minimum absolute atomic E-state index is 0.209. The number of benzene rings is 1. The monoisotopic (exact) mass is 375 g/mol. The quantitative estimate of drug-likeness (QED) is 0.821. The lowest BCUT2D eigenvalue weighted by molar-refractivity contribution is 0.124. The number of rotatable bonds is 4. The van der Waals surface area contributed by atoms with Crippen LogP contribution in [0.2, 0.25) is 0 Å². The Balaban J connectivity index is 1.83. The van der Waals surface area contributed by atoms with Gasteiger partial charge in [-0.25, -0.2) is 13.4 Å². The van der Waals surface area contributed by atoms with Gasteiger partial charge in [-0.15, -0.1) is 0 Å². The summed E-state index contributed by atoms with van der Waals surface area (Å²) in [5, 5.41) is 0. The molecular formula is C19H25N3O3S. The first-order chi connectivity index (χ1) is 12.3. The van der Waals surface area contributed by atoms with E-state index in [2.05, 4.69) is 9.97 Å². The van der Waals surface area contributed by atoms with Gasteiger partial charge in [-0.05, 0) is 51.7 Å². The Bertz CT molecular complexity index is 889. The van der Waals surface area contributed by atoms with Gasteiger partial charge in [0.05, 0.1) is 11.4 Å². The van der Waals surface area contributed by atoms with Crippen molar-refractivity contribution in [2.75, 3.05) is 13.1 Å². The Labute approximate surface area is 155 Å². The van der Waals surface area contributed by atoms with Crippen LogP contribution < -0.4 is 4.74 Å². The van der Waals surface area contributed by atoms with E-state index >= 15 is 0 Å². The highest BCUT2D eigenvalue weighted by atomic mass is 32.2. The number of nitrogens with zero attached hydrogens (tertiary/aromatic N) is 3. The van der Waals surface area contributed by atoms with Crippen LogP contribution in [0, 0.1) is 27.7 Å². The Morgan fingerprint density at radius 2 is 1.85 bits per heavy atom. The first-order valence-electron chi connectivity index (χ1n) is 8.81. The van der Waals surface area contributed by atoms with Crippen molar-refractivity contribution in [3.63, 3.8) is 0 Å². The second kappa shape index (κ2) is 7.32. The Morgan fingerprint density at radius 1 is 1.15 bits per heavy atom. The van der Waals surface area contributed by atoms with Crippen LogP contribution in [0.3, 0.4) is 0 Å². The zero-order chi connectivity index (χ0) is 18.9. The highest BCUT2D eigenvalue weighted by Crippen LogP contribution is 2.28. The molecule has 0 radical (unpaired) electrons. The second-order valence-corrected chi connectivity index (χ2v) is 8.79. The standard InChI is InChI=1S/C19H25N3O3S/c1-13-10-14(2)19(15(3)11-13)26(23,24)22-9-5-6-17(12-22)25-18-7-8-20-16(4)21-18/h7-8,10-11,17H,5-6,9,12H2,1-4H3. The van der Waals surface area contributed by atoms with E-state index in [0.29, 0.717) is 29.7 Å². The average Bonchev–Trinajstić information content (AvgIpc) is 2.54. The van der Waals surface area contributed by atoms with Gasteiger partial charge in [-0.2, -0.15) is 9.29 Å². The van der Waals surface area contributed by atoms with Crippen molar-refractivity contribution in [1.82, 2.24) is 14.3 Å². The molecule has 0 aliphatic carbocycles. The minimum atomic E-state index is -3.55. The van der Waals surface area contributed by atoms with Crippen molar-refractivity contribution in [3.8, 4) is 5.88 Å². The van der Waals surface area contributed by atoms with Crippen LogP contribution in [-0.4, -0.2) is 41.9 Å². The van der Waals surface area contributed by atoms with Crippen LogP contribution in [0.4, 0.5) is 0 Å². The predicted octanol–water partition coefficient (Wildman–Crippen LogP) is 2.94. The van der Waals surface area contributed by atoms with Crippen molar-refractivity contribution in [2.45, 2.75) is 51.5 Å². The molecule has 1 aliphatic heterocycles. The molecule has 0 N–H and O–H groups in total. The van der Waals surface area contributed by atoms with Gasteiger partial charge in [-0.1, -0.05) is 17.7 Å². The fourth-order valence-corrected chi connectivity index (χ4v) is 5.51. The normalized spacial score (nSPS) is 18.7. The third kappa shape index (κ3) is 3.88. The molecule has 0 saturated carbocycles. The average molecular weight is 375 g/mol. The van der Waals surface area contributed by atoms with E-state index in [-0.39, 0.29) is 6.10 Å². The zero-order valence-electron chi connectivity index (χ0n) is 15.7.